The van der Waals surface area contributed by atoms with E-state index in [9.17, 15) is 5.11 Å². The van der Waals surface area contributed by atoms with Crippen molar-refractivity contribution in [2.24, 2.45) is 0 Å². The zero-order valence-electron chi connectivity index (χ0n) is 13.0. The average molecular weight is 320 g/mol. The number of rotatable bonds is 7. The SMILES string of the molecule is Cc1ccccc1COc1ccc(Cl)cc1CNCC(C)O. The van der Waals surface area contributed by atoms with E-state index in [0.717, 1.165) is 11.3 Å². The van der Waals surface area contributed by atoms with E-state index in [1.54, 1.807) is 6.92 Å². The van der Waals surface area contributed by atoms with Crippen molar-refractivity contribution in [3.63, 3.8) is 0 Å². The van der Waals surface area contributed by atoms with Crippen LogP contribution in [0.5, 0.6) is 5.75 Å². The van der Waals surface area contributed by atoms with Gasteiger partial charge in [0.15, 0.2) is 0 Å². The van der Waals surface area contributed by atoms with Crippen LogP contribution in [-0.4, -0.2) is 17.8 Å². The van der Waals surface area contributed by atoms with Gasteiger partial charge in [-0.1, -0.05) is 35.9 Å². The van der Waals surface area contributed by atoms with Crippen LogP contribution in [0.2, 0.25) is 5.02 Å². The topological polar surface area (TPSA) is 41.5 Å². The minimum atomic E-state index is -0.379. The normalized spacial score (nSPS) is 12.2. The average Bonchev–Trinajstić information content (AvgIpc) is 2.47. The molecule has 0 saturated heterocycles. The molecule has 3 nitrogen and oxygen atoms in total. The number of hydrogen-bond acceptors (Lipinski definition) is 3. The van der Waals surface area contributed by atoms with Gasteiger partial charge in [-0.2, -0.15) is 0 Å². The monoisotopic (exact) mass is 319 g/mol. The maximum Gasteiger partial charge on any atom is 0.124 e. The fourth-order valence-corrected chi connectivity index (χ4v) is 2.36. The van der Waals surface area contributed by atoms with Gasteiger partial charge in [0, 0.05) is 23.7 Å². The van der Waals surface area contributed by atoms with Crippen LogP contribution in [0.1, 0.15) is 23.6 Å². The summed E-state index contributed by atoms with van der Waals surface area (Å²) >= 11 is 6.07. The van der Waals surface area contributed by atoms with Gasteiger partial charge in [-0.3, -0.25) is 0 Å². The van der Waals surface area contributed by atoms with Crippen LogP contribution in [0.4, 0.5) is 0 Å². The van der Waals surface area contributed by atoms with Gasteiger partial charge in [0.2, 0.25) is 0 Å². The summed E-state index contributed by atoms with van der Waals surface area (Å²) in [6, 6.07) is 13.8. The van der Waals surface area contributed by atoms with Crippen molar-refractivity contribution in [3.05, 3.63) is 64.2 Å². The molecule has 0 amide bonds. The number of aliphatic hydroxyl groups excluding tert-OH is 1. The Bertz CT molecular complexity index is 614. The van der Waals surface area contributed by atoms with Crippen molar-refractivity contribution in [2.75, 3.05) is 6.54 Å². The van der Waals surface area contributed by atoms with Gasteiger partial charge < -0.3 is 15.2 Å². The molecule has 0 aliphatic carbocycles. The second kappa shape index (κ2) is 8.18. The molecule has 1 unspecified atom stereocenters. The third-order valence-electron chi connectivity index (χ3n) is 3.42. The highest BCUT2D eigenvalue weighted by atomic mass is 35.5. The number of ether oxygens (including phenoxy) is 1. The van der Waals surface area contributed by atoms with Crippen LogP contribution < -0.4 is 10.1 Å². The highest BCUT2D eigenvalue weighted by Gasteiger charge is 2.07. The highest BCUT2D eigenvalue weighted by Crippen LogP contribution is 2.24. The van der Waals surface area contributed by atoms with Gasteiger partial charge in [0.05, 0.1) is 6.10 Å². The molecule has 0 heterocycles. The molecule has 0 bridgehead atoms. The van der Waals surface area contributed by atoms with E-state index in [2.05, 4.69) is 24.4 Å². The Balaban J connectivity index is 2.05. The molecule has 0 aromatic heterocycles. The van der Waals surface area contributed by atoms with Gasteiger partial charge >= 0.3 is 0 Å². The van der Waals surface area contributed by atoms with Gasteiger partial charge in [-0.15, -0.1) is 0 Å². The summed E-state index contributed by atoms with van der Waals surface area (Å²) in [7, 11) is 0. The Morgan fingerprint density at radius 3 is 2.68 bits per heavy atom. The van der Waals surface area contributed by atoms with E-state index in [0.29, 0.717) is 24.7 Å². The van der Waals surface area contributed by atoms with Crippen LogP contribution in [-0.2, 0) is 13.2 Å². The first-order chi connectivity index (χ1) is 10.6. The number of halogens is 1. The predicted molar refractivity (Wildman–Crippen MR) is 90.4 cm³/mol. The van der Waals surface area contributed by atoms with Gasteiger partial charge in [0.1, 0.15) is 12.4 Å². The number of benzene rings is 2. The molecular weight excluding hydrogens is 298 g/mol. The smallest absolute Gasteiger partial charge is 0.124 e. The highest BCUT2D eigenvalue weighted by molar-refractivity contribution is 6.30. The van der Waals surface area contributed by atoms with E-state index in [4.69, 9.17) is 16.3 Å². The molecule has 4 heteroatoms. The molecule has 2 N–H and O–H groups in total. The van der Waals surface area contributed by atoms with Crippen molar-refractivity contribution < 1.29 is 9.84 Å². The molecule has 0 fully saturated rings. The van der Waals surface area contributed by atoms with E-state index < -0.39 is 0 Å². The van der Waals surface area contributed by atoms with Crippen LogP contribution in [0.3, 0.4) is 0 Å². The largest absolute Gasteiger partial charge is 0.489 e. The molecule has 0 radical (unpaired) electrons. The lowest BCUT2D eigenvalue weighted by Gasteiger charge is -2.14. The maximum absolute atomic E-state index is 9.32. The lowest BCUT2D eigenvalue weighted by atomic mass is 10.1. The van der Waals surface area contributed by atoms with E-state index >= 15 is 0 Å². The number of hydrogen-bond donors (Lipinski definition) is 2. The second-order valence-corrected chi connectivity index (χ2v) is 5.88. The lowest BCUT2D eigenvalue weighted by molar-refractivity contribution is 0.190. The minimum Gasteiger partial charge on any atom is -0.489 e. The second-order valence-electron chi connectivity index (χ2n) is 5.45. The molecule has 0 aliphatic heterocycles. The van der Waals surface area contributed by atoms with Crippen molar-refractivity contribution in [2.45, 2.75) is 33.1 Å². The standard InChI is InChI=1S/C18H22ClNO2/c1-13-5-3-4-6-15(13)12-22-18-8-7-17(19)9-16(18)11-20-10-14(2)21/h3-9,14,20-21H,10-12H2,1-2H3. The first-order valence-corrected chi connectivity index (χ1v) is 7.78. The van der Waals surface area contributed by atoms with E-state index in [-0.39, 0.29) is 6.10 Å². The quantitative estimate of drug-likeness (QED) is 0.817. The van der Waals surface area contributed by atoms with Crippen molar-refractivity contribution in [1.29, 1.82) is 0 Å². The molecule has 118 valence electrons. The summed E-state index contributed by atoms with van der Waals surface area (Å²) in [5, 5.41) is 13.2. The van der Waals surface area contributed by atoms with E-state index in [1.807, 2.05) is 30.3 Å². The van der Waals surface area contributed by atoms with Crippen LogP contribution in [0.25, 0.3) is 0 Å². The molecule has 0 saturated carbocycles. The Labute approximate surface area is 136 Å². The zero-order valence-corrected chi connectivity index (χ0v) is 13.7. The summed E-state index contributed by atoms with van der Waals surface area (Å²) in [6.07, 6.45) is -0.379. The van der Waals surface area contributed by atoms with Gasteiger partial charge in [-0.25, -0.2) is 0 Å². The summed E-state index contributed by atoms with van der Waals surface area (Å²) in [4.78, 5) is 0. The van der Waals surface area contributed by atoms with Crippen LogP contribution in [0, 0.1) is 6.92 Å². The molecule has 2 rings (SSSR count). The zero-order chi connectivity index (χ0) is 15.9. The predicted octanol–water partition coefficient (Wildman–Crippen LogP) is 3.70. The third kappa shape index (κ3) is 5.02. The lowest BCUT2D eigenvalue weighted by Crippen LogP contribution is -2.24. The molecule has 1 atom stereocenters. The summed E-state index contributed by atoms with van der Waals surface area (Å²) in [5.41, 5.74) is 3.37. The number of aryl methyl sites for hydroxylation is 1. The van der Waals surface area contributed by atoms with Crippen molar-refractivity contribution in [3.8, 4) is 5.75 Å². The first kappa shape index (κ1) is 16.8. The first-order valence-electron chi connectivity index (χ1n) is 7.41. The Hall–Kier alpha value is -1.55. The third-order valence-corrected chi connectivity index (χ3v) is 3.66. The molecule has 2 aromatic rings. The summed E-state index contributed by atoms with van der Waals surface area (Å²) in [5.74, 6) is 0.811. The van der Waals surface area contributed by atoms with Crippen molar-refractivity contribution >= 4 is 11.6 Å². The molecule has 0 spiro atoms. The van der Waals surface area contributed by atoms with Crippen molar-refractivity contribution in [1.82, 2.24) is 5.32 Å². The Kier molecular flexibility index (Phi) is 6.25. The van der Waals surface area contributed by atoms with Crippen LogP contribution >= 0.6 is 11.6 Å². The Morgan fingerprint density at radius 2 is 1.95 bits per heavy atom. The summed E-state index contributed by atoms with van der Waals surface area (Å²) < 4.78 is 5.96. The van der Waals surface area contributed by atoms with Crippen LogP contribution in [0.15, 0.2) is 42.5 Å². The van der Waals surface area contributed by atoms with Gasteiger partial charge in [0.25, 0.3) is 0 Å². The van der Waals surface area contributed by atoms with Gasteiger partial charge in [-0.05, 0) is 43.2 Å². The minimum absolute atomic E-state index is 0.379. The fraction of sp³-hybridized carbons (Fsp3) is 0.333. The molecule has 2 aromatic carbocycles. The number of aliphatic hydroxyl groups is 1. The Morgan fingerprint density at radius 1 is 1.18 bits per heavy atom. The molecular formula is C18H22ClNO2. The van der Waals surface area contributed by atoms with E-state index in [1.165, 1.54) is 11.1 Å². The number of nitrogens with one attached hydrogen (secondary N) is 1. The summed E-state index contributed by atoms with van der Waals surface area (Å²) in [6.45, 7) is 5.49. The maximum atomic E-state index is 9.32. The molecule has 22 heavy (non-hydrogen) atoms. The fourth-order valence-electron chi connectivity index (χ4n) is 2.17. The molecule has 0 aliphatic rings.